The fourth-order valence-electron chi connectivity index (χ4n) is 4.27. The third-order valence-electron chi connectivity index (χ3n) is 5.74. The monoisotopic (exact) mass is 500 g/mol. The number of nitrogens with one attached hydrogen (secondary N) is 2. The molecule has 1 aliphatic heterocycles. The maximum Gasteiger partial charge on any atom is 0.294 e. The van der Waals surface area contributed by atoms with Gasteiger partial charge in [0.2, 0.25) is 5.91 Å². The van der Waals surface area contributed by atoms with E-state index in [9.17, 15) is 24.5 Å². The number of imide groups is 1. The Kier molecular flexibility index (Phi) is 5.62. The van der Waals surface area contributed by atoms with Crippen molar-refractivity contribution in [2.75, 3.05) is 15.5 Å². The summed E-state index contributed by atoms with van der Waals surface area (Å²) in [5.74, 6) is -1.51. The molecule has 10 heteroatoms. The molecule has 1 heterocycles. The third kappa shape index (κ3) is 3.91. The molecule has 0 saturated heterocycles. The Bertz CT molecular complexity index is 1600. The molecule has 0 aromatic heterocycles. The SMILES string of the molecule is CC(=O)Nc1ccc(N2C(=O)c3cccc4c(Nc5cccc(Cl)c5)c([N+](=O)[O-])cc(c34)C2=O)cc1. The number of benzene rings is 4. The fraction of sp³-hybridized carbons (Fsp3) is 0.0385. The molecule has 4 aromatic carbocycles. The molecule has 0 bridgehead atoms. The summed E-state index contributed by atoms with van der Waals surface area (Å²) in [6, 6.07) is 18.9. The molecule has 2 N–H and O–H groups in total. The Morgan fingerprint density at radius 1 is 0.917 bits per heavy atom. The van der Waals surface area contributed by atoms with Crippen molar-refractivity contribution in [1.29, 1.82) is 0 Å². The first kappa shape index (κ1) is 23.0. The van der Waals surface area contributed by atoms with Gasteiger partial charge in [-0.05, 0) is 48.5 Å². The lowest BCUT2D eigenvalue weighted by atomic mass is 9.91. The van der Waals surface area contributed by atoms with Crippen LogP contribution in [0.3, 0.4) is 0 Å². The number of rotatable bonds is 5. The van der Waals surface area contributed by atoms with Crippen molar-refractivity contribution < 1.29 is 19.3 Å². The minimum absolute atomic E-state index is 0.0366. The van der Waals surface area contributed by atoms with Gasteiger partial charge in [0.1, 0.15) is 5.69 Å². The van der Waals surface area contributed by atoms with Crippen LogP contribution in [0.4, 0.5) is 28.4 Å². The molecule has 0 fully saturated rings. The molecular formula is C26H17ClN4O5. The number of anilines is 4. The number of carbonyl (C=O) groups excluding carboxylic acids is 3. The highest BCUT2D eigenvalue weighted by atomic mass is 35.5. The van der Waals surface area contributed by atoms with E-state index >= 15 is 0 Å². The van der Waals surface area contributed by atoms with E-state index in [1.165, 1.54) is 25.1 Å². The largest absolute Gasteiger partial charge is 0.349 e. The van der Waals surface area contributed by atoms with Crippen LogP contribution in [0.1, 0.15) is 27.6 Å². The van der Waals surface area contributed by atoms with Gasteiger partial charge in [-0.25, -0.2) is 4.90 Å². The number of nitro benzene ring substituents is 1. The second-order valence-corrected chi connectivity index (χ2v) is 8.55. The van der Waals surface area contributed by atoms with Crippen molar-refractivity contribution in [3.05, 3.63) is 99.1 Å². The van der Waals surface area contributed by atoms with Crippen molar-refractivity contribution in [2.45, 2.75) is 6.92 Å². The first-order valence-electron chi connectivity index (χ1n) is 10.8. The summed E-state index contributed by atoms with van der Waals surface area (Å²) in [5, 5.41) is 18.8. The second kappa shape index (κ2) is 8.79. The predicted octanol–water partition coefficient (Wildman–Crippen LogP) is 5.90. The smallest absolute Gasteiger partial charge is 0.294 e. The normalized spacial score (nSPS) is 12.6. The van der Waals surface area contributed by atoms with Crippen molar-refractivity contribution in [1.82, 2.24) is 0 Å². The van der Waals surface area contributed by atoms with Crippen molar-refractivity contribution in [3.63, 3.8) is 0 Å². The van der Waals surface area contributed by atoms with Gasteiger partial charge in [-0.1, -0.05) is 29.8 Å². The predicted molar refractivity (Wildman–Crippen MR) is 137 cm³/mol. The first-order valence-corrected chi connectivity index (χ1v) is 11.2. The van der Waals surface area contributed by atoms with E-state index in [1.807, 2.05) is 0 Å². The Balaban J connectivity index is 1.67. The van der Waals surface area contributed by atoms with E-state index < -0.39 is 16.7 Å². The molecule has 3 amide bonds. The molecule has 0 spiro atoms. The zero-order valence-corrected chi connectivity index (χ0v) is 19.5. The number of halogens is 1. The first-order chi connectivity index (χ1) is 17.2. The lowest BCUT2D eigenvalue weighted by Gasteiger charge is -2.28. The van der Waals surface area contributed by atoms with Crippen LogP contribution < -0.4 is 15.5 Å². The van der Waals surface area contributed by atoms with Crippen LogP contribution in [0.2, 0.25) is 5.02 Å². The van der Waals surface area contributed by atoms with Gasteiger partial charge < -0.3 is 10.6 Å². The molecule has 1 aliphatic rings. The highest BCUT2D eigenvalue weighted by Gasteiger charge is 2.37. The second-order valence-electron chi connectivity index (χ2n) is 8.11. The van der Waals surface area contributed by atoms with E-state index in [0.29, 0.717) is 27.2 Å². The zero-order valence-electron chi connectivity index (χ0n) is 18.7. The standard InChI is InChI=1S/C26H17ClN4O5/c1-14(32)28-16-8-10-18(11-9-16)30-25(33)20-7-3-6-19-23(20)21(26(30)34)13-22(31(35)36)24(19)29-17-5-2-4-15(27)12-17/h2-13,29H,1H3,(H,28,32). The average Bonchev–Trinajstić information content (AvgIpc) is 2.83. The van der Waals surface area contributed by atoms with Crippen molar-refractivity contribution in [3.8, 4) is 0 Å². The van der Waals surface area contributed by atoms with E-state index in [4.69, 9.17) is 11.6 Å². The maximum atomic E-state index is 13.5. The summed E-state index contributed by atoms with van der Waals surface area (Å²) in [6.07, 6.45) is 0. The Labute approximate surface area is 209 Å². The van der Waals surface area contributed by atoms with Gasteiger partial charge in [0.05, 0.1) is 16.2 Å². The molecule has 9 nitrogen and oxygen atoms in total. The van der Waals surface area contributed by atoms with E-state index in [0.717, 1.165) is 4.90 Å². The van der Waals surface area contributed by atoms with Crippen LogP contribution in [0.5, 0.6) is 0 Å². The highest BCUT2D eigenvalue weighted by Crippen LogP contribution is 2.42. The molecule has 36 heavy (non-hydrogen) atoms. The number of nitro groups is 1. The summed E-state index contributed by atoms with van der Waals surface area (Å²) in [4.78, 5) is 50.8. The van der Waals surface area contributed by atoms with Crippen molar-refractivity contribution >= 4 is 68.5 Å². The Morgan fingerprint density at radius 2 is 1.61 bits per heavy atom. The highest BCUT2D eigenvalue weighted by molar-refractivity contribution is 6.37. The Hall–Kier alpha value is -4.76. The lowest BCUT2D eigenvalue weighted by Crippen LogP contribution is -2.40. The van der Waals surface area contributed by atoms with Gasteiger partial charge in [-0.2, -0.15) is 0 Å². The molecule has 0 unspecified atom stereocenters. The summed E-state index contributed by atoms with van der Waals surface area (Å²) in [6.45, 7) is 1.37. The number of nitrogens with zero attached hydrogens (tertiary/aromatic N) is 2. The summed E-state index contributed by atoms with van der Waals surface area (Å²) in [5.41, 5.74) is 1.38. The van der Waals surface area contributed by atoms with E-state index in [-0.39, 0.29) is 34.1 Å². The van der Waals surface area contributed by atoms with Crippen LogP contribution in [0.15, 0.2) is 72.8 Å². The quantitative estimate of drug-likeness (QED) is 0.200. The number of amides is 3. The topological polar surface area (TPSA) is 122 Å². The van der Waals surface area contributed by atoms with Crippen LogP contribution in [-0.2, 0) is 4.79 Å². The molecule has 0 radical (unpaired) electrons. The molecular weight excluding hydrogens is 484 g/mol. The van der Waals surface area contributed by atoms with E-state index in [2.05, 4.69) is 10.6 Å². The van der Waals surface area contributed by atoms with Crippen molar-refractivity contribution in [2.24, 2.45) is 0 Å². The third-order valence-corrected chi connectivity index (χ3v) is 5.98. The summed E-state index contributed by atoms with van der Waals surface area (Å²) >= 11 is 6.07. The summed E-state index contributed by atoms with van der Waals surface area (Å²) in [7, 11) is 0. The minimum atomic E-state index is -0.687. The van der Waals surface area contributed by atoms with Gasteiger partial charge in [0.25, 0.3) is 17.5 Å². The van der Waals surface area contributed by atoms with Gasteiger partial charge in [-0.3, -0.25) is 24.5 Å². The van der Waals surface area contributed by atoms with Gasteiger partial charge >= 0.3 is 0 Å². The number of hydrogen-bond donors (Lipinski definition) is 2. The molecule has 4 aromatic rings. The average molecular weight is 501 g/mol. The Morgan fingerprint density at radius 3 is 2.28 bits per heavy atom. The van der Waals surface area contributed by atoms with Crippen LogP contribution in [-0.4, -0.2) is 22.6 Å². The van der Waals surface area contributed by atoms with Crippen LogP contribution in [0.25, 0.3) is 10.8 Å². The fourth-order valence-corrected chi connectivity index (χ4v) is 4.46. The lowest BCUT2D eigenvalue weighted by molar-refractivity contribution is -0.383. The van der Waals surface area contributed by atoms with Crippen LogP contribution >= 0.6 is 11.6 Å². The zero-order chi connectivity index (χ0) is 25.6. The number of hydrogen-bond acceptors (Lipinski definition) is 6. The number of carbonyl (C=O) groups is 3. The summed E-state index contributed by atoms with van der Waals surface area (Å²) < 4.78 is 0. The molecule has 5 rings (SSSR count). The van der Waals surface area contributed by atoms with Gasteiger partial charge in [-0.15, -0.1) is 0 Å². The molecule has 0 saturated carbocycles. The molecule has 178 valence electrons. The van der Waals surface area contributed by atoms with Crippen LogP contribution in [0, 0.1) is 10.1 Å². The minimum Gasteiger partial charge on any atom is -0.349 e. The molecule has 0 atom stereocenters. The van der Waals surface area contributed by atoms with E-state index in [1.54, 1.807) is 54.6 Å². The van der Waals surface area contributed by atoms with Gasteiger partial charge in [0.15, 0.2) is 0 Å². The molecule has 0 aliphatic carbocycles. The van der Waals surface area contributed by atoms with Gasteiger partial charge in [0, 0.05) is 45.7 Å². The maximum absolute atomic E-state index is 13.5.